The van der Waals surface area contributed by atoms with E-state index in [1.54, 1.807) is 0 Å². The Morgan fingerprint density at radius 1 is 1.17 bits per heavy atom. The standard InChI is InChI=1S/C22H30BrN5O/c1-14-13-24-22(27-20(14)28(3)4)26-19-11-7-17(8-12-19)21(29)25-15(2)16-5-9-18(23)10-6-16/h5-6,9-10,13,15,17,19H,7-8,11-12H2,1-4H3,(H,25,29)(H,24,26,27)/t15-,17?,19?/m0/s1. The number of nitrogens with zero attached hydrogens (tertiary/aromatic N) is 3. The molecule has 0 saturated heterocycles. The SMILES string of the molecule is Cc1cnc(NC2CCC(C(=O)N[C@@H](C)c3ccc(Br)cc3)CC2)nc1N(C)C. The van der Waals surface area contributed by atoms with Crippen LogP contribution in [0.2, 0.25) is 0 Å². The lowest BCUT2D eigenvalue weighted by Gasteiger charge is -2.29. The van der Waals surface area contributed by atoms with Crippen LogP contribution < -0.4 is 15.5 Å². The van der Waals surface area contributed by atoms with E-state index < -0.39 is 0 Å². The maximum atomic E-state index is 12.7. The van der Waals surface area contributed by atoms with Crippen LogP contribution in [0.15, 0.2) is 34.9 Å². The highest BCUT2D eigenvalue weighted by Crippen LogP contribution is 2.27. The summed E-state index contributed by atoms with van der Waals surface area (Å²) in [6.45, 7) is 4.05. The molecular weight excluding hydrogens is 430 g/mol. The molecule has 3 rings (SSSR count). The average Bonchev–Trinajstić information content (AvgIpc) is 2.70. The van der Waals surface area contributed by atoms with Crippen molar-refractivity contribution in [3.8, 4) is 0 Å². The minimum Gasteiger partial charge on any atom is -0.362 e. The van der Waals surface area contributed by atoms with Crippen LogP contribution in [0.4, 0.5) is 11.8 Å². The number of hydrogen-bond donors (Lipinski definition) is 2. The smallest absolute Gasteiger partial charge is 0.224 e. The highest BCUT2D eigenvalue weighted by Gasteiger charge is 2.27. The van der Waals surface area contributed by atoms with E-state index in [2.05, 4.69) is 36.5 Å². The number of nitrogens with one attached hydrogen (secondary N) is 2. The van der Waals surface area contributed by atoms with Crippen molar-refractivity contribution in [1.82, 2.24) is 15.3 Å². The molecule has 1 fully saturated rings. The van der Waals surface area contributed by atoms with Gasteiger partial charge in [-0.15, -0.1) is 0 Å². The van der Waals surface area contributed by atoms with Crippen LogP contribution in [0.5, 0.6) is 0 Å². The van der Waals surface area contributed by atoms with Crippen molar-refractivity contribution in [3.63, 3.8) is 0 Å². The minimum absolute atomic E-state index is 0.0110. The Balaban J connectivity index is 1.50. The van der Waals surface area contributed by atoms with Gasteiger partial charge in [-0.05, 0) is 57.2 Å². The number of amides is 1. The second kappa shape index (κ2) is 9.57. The summed E-state index contributed by atoms with van der Waals surface area (Å²) >= 11 is 3.45. The maximum Gasteiger partial charge on any atom is 0.224 e. The lowest BCUT2D eigenvalue weighted by molar-refractivity contribution is -0.126. The molecule has 1 aliphatic rings. The zero-order valence-electron chi connectivity index (χ0n) is 17.6. The number of halogens is 1. The van der Waals surface area contributed by atoms with Crippen LogP contribution in [0.3, 0.4) is 0 Å². The van der Waals surface area contributed by atoms with Gasteiger partial charge in [0.2, 0.25) is 11.9 Å². The second-order valence-corrected chi connectivity index (χ2v) is 8.99. The Hall–Kier alpha value is -2.15. The number of aromatic nitrogens is 2. The Kier molecular flexibility index (Phi) is 7.11. The molecule has 0 unspecified atom stereocenters. The van der Waals surface area contributed by atoms with Gasteiger partial charge < -0.3 is 15.5 Å². The van der Waals surface area contributed by atoms with Gasteiger partial charge in [0.05, 0.1) is 6.04 Å². The number of carbonyl (C=O) groups excluding carboxylic acids is 1. The molecule has 1 aromatic carbocycles. The third kappa shape index (κ3) is 5.69. The monoisotopic (exact) mass is 459 g/mol. The summed E-state index contributed by atoms with van der Waals surface area (Å²) in [5.41, 5.74) is 2.17. The van der Waals surface area contributed by atoms with Crippen molar-refractivity contribution < 1.29 is 4.79 Å². The summed E-state index contributed by atoms with van der Waals surface area (Å²) in [6, 6.07) is 8.41. The fraction of sp³-hybridized carbons (Fsp3) is 0.500. The van der Waals surface area contributed by atoms with E-state index in [4.69, 9.17) is 0 Å². The summed E-state index contributed by atoms with van der Waals surface area (Å²) in [6.07, 6.45) is 5.50. The summed E-state index contributed by atoms with van der Waals surface area (Å²) in [7, 11) is 3.97. The molecule has 1 amide bonds. The molecule has 1 heterocycles. The molecule has 29 heavy (non-hydrogen) atoms. The van der Waals surface area contributed by atoms with Crippen LogP contribution in [-0.2, 0) is 4.79 Å². The van der Waals surface area contributed by atoms with Crippen molar-refractivity contribution in [3.05, 3.63) is 46.1 Å². The Morgan fingerprint density at radius 3 is 2.45 bits per heavy atom. The number of carbonyl (C=O) groups is 1. The summed E-state index contributed by atoms with van der Waals surface area (Å²) in [4.78, 5) is 23.7. The average molecular weight is 460 g/mol. The van der Waals surface area contributed by atoms with E-state index in [1.807, 2.05) is 63.3 Å². The molecular formula is C22H30BrN5O. The van der Waals surface area contributed by atoms with E-state index in [1.165, 1.54) is 0 Å². The van der Waals surface area contributed by atoms with E-state index >= 15 is 0 Å². The van der Waals surface area contributed by atoms with Crippen LogP contribution in [0.25, 0.3) is 0 Å². The molecule has 6 nitrogen and oxygen atoms in total. The van der Waals surface area contributed by atoms with Crippen molar-refractivity contribution >= 4 is 33.6 Å². The van der Waals surface area contributed by atoms with Gasteiger partial charge >= 0.3 is 0 Å². The molecule has 1 aromatic heterocycles. The molecule has 1 atom stereocenters. The molecule has 156 valence electrons. The lowest BCUT2D eigenvalue weighted by atomic mass is 9.85. The van der Waals surface area contributed by atoms with Crippen LogP contribution in [0, 0.1) is 12.8 Å². The normalized spacial score (nSPS) is 20.0. The Labute approximate surface area is 181 Å². The predicted molar refractivity (Wildman–Crippen MR) is 121 cm³/mol. The Morgan fingerprint density at radius 2 is 1.83 bits per heavy atom. The first-order valence-corrected chi connectivity index (χ1v) is 11.0. The van der Waals surface area contributed by atoms with Crippen molar-refractivity contribution in [2.75, 3.05) is 24.3 Å². The zero-order valence-corrected chi connectivity index (χ0v) is 19.2. The van der Waals surface area contributed by atoms with Gasteiger partial charge in [-0.3, -0.25) is 4.79 Å². The quantitative estimate of drug-likeness (QED) is 0.666. The predicted octanol–water partition coefficient (Wildman–Crippen LogP) is 4.46. The molecule has 1 saturated carbocycles. The fourth-order valence-electron chi connectivity index (χ4n) is 3.80. The van der Waals surface area contributed by atoms with Gasteiger partial charge in [0.15, 0.2) is 0 Å². The van der Waals surface area contributed by atoms with Gasteiger partial charge in [-0.25, -0.2) is 4.98 Å². The first kappa shape index (κ1) is 21.6. The largest absolute Gasteiger partial charge is 0.362 e. The summed E-state index contributed by atoms with van der Waals surface area (Å²) in [5.74, 6) is 1.82. The number of hydrogen-bond acceptors (Lipinski definition) is 5. The molecule has 7 heteroatoms. The van der Waals surface area contributed by atoms with Gasteiger partial charge in [0.25, 0.3) is 0 Å². The third-order valence-corrected chi connectivity index (χ3v) is 6.06. The first-order valence-electron chi connectivity index (χ1n) is 10.2. The van der Waals surface area contributed by atoms with Crippen molar-refractivity contribution in [1.29, 1.82) is 0 Å². The highest BCUT2D eigenvalue weighted by molar-refractivity contribution is 9.10. The molecule has 2 N–H and O–H groups in total. The van der Waals surface area contributed by atoms with Gasteiger partial charge in [0.1, 0.15) is 5.82 Å². The van der Waals surface area contributed by atoms with E-state index in [9.17, 15) is 4.79 Å². The molecule has 2 aromatic rings. The number of benzene rings is 1. The number of aryl methyl sites for hydroxylation is 1. The van der Waals surface area contributed by atoms with Gasteiger partial charge in [-0.2, -0.15) is 4.98 Å². The first-order chi connectivity index (χ1) is 13.8. The molecule has 1 aliphatic carbocycles. The molecule has 0 spiro atoms. The highest BCUT2D eigenvalue weighted by atomic mass is 79.9. The third-order valence-electron chi connectivity index (χ3n) is 5.53. The minimum atomic E-state index is 0.0110. The Bertz CT molecular complexity index is 832. The number of rotatable bonds is 6. The summed E-state index contributed by atoms with van der Waals surface area (Å²) < 4.78 is 1.04. The topological polar surface area (TPSA) is 70.1 Å². The van der Waals surface area contributed by atoms with Crippen LogP contribution in [0.1, 0.15) is 49.8 Å². The fourth-order valence-corrected chi connectivity index (χ4v) is 4.07. The summed E-state index contributed by atoms with van der Waals surface area (Å²) in [5, 5.41) is 6.62. The molecule has 0 aliphatic heterocycles. The van der Waals surface area contributed by atoms with Gasteiger partial charge in [0, 0.05) is 42.3 Å². The van der Waals surface area contributed by atoms with E-state index in [0.717, 1.165) is 47.1 Å². The van der Waals surface area contributed by atoms with E-state index in [0.29, 0.717) is 12.0 Å². The lowest BCUT2D eigenvalue weighted by Crippen LogP contribution is -2.37. The van der Waals surface area contributed by atoms with Crippen molar-refractivity contribution in [2.24, 2.45) is 5.92 Å². The van der Waals surface area contributed by atoms with Crippen molar-refractivity contribution in [2.45, 2.75) is 51.6 Å². The maximum absolute atomic E-state index is 12.7. The second-order valence-electron chi connectivity index (χ2n) is 8.07. The van der Waals surface area contributed by atoms with E-state index in [-0.39, 0.29) is 17.9 Å². The molecule has 0 bridgehead atoms. The van der Waals surface area contributed by atoms with Gasteiger partial charge in [-0.1, -0.05) is 28.1 Å². The number of anilines is 2. The zero-order chi connectivity index (χ0) is 21.0. The van der Waals surface area contributed by atoms with Crippen LogP contribution >= 0.6 is 15.9 Å². The van der Waals surface area contributed by atoms with Crippen LogP contribution in [-0.4, -0.2) is 36.0 Å². The molecule has 0 radical (unpaired) electrons.